The number of likely N-dealkylation sites (tertiary alicyclic amines) is 1. The van der Waals surface area contributed by atoms with Crippen molar-refractivity contribution in [2.24, 2.45) is 0 Å². The van der Waals surface area contributed by atoms with Crippen molar-refractivity contribution in [2.45, 2.75) is 72.5 Å². The van der Waals surface area contributed by atoms with Crippen LogP contribution in [0.1, 0.15) is 64.5 Å². The van der Waals surface area contributed by atoms with Crippen LogP contribution in [0.3, 0.4) is 0 Å². The molecule has 9 heteroatoms. The molecule has 2 aromatic heterocycles. The Labute approximate surface area is 309 Å². The Balaban J connectivity index is 0.000000230. The van der Waals surface area contributed by atoms with Gasteiger partial charge in [-0.25, -0.2) is 0 Å². The highest BCUT2D eigenvalue weighted by Crippen LogP contribution is 2.37. The van der Waals surface area contributed by atoms with Crippen molar-refractivity contribution in [3.63, 3.8) is 0 Å². The summed E-state index contributed by atoms with van der Waals surface area (Å²) in [4.78, 5) is 13.7. The maximum Gasteiger partial charge on any atom is 0.152 e. The zero-order valence-corrected chi connectivity index (χ0v) is 31.9. The molecule has 0 radical (unpaired) electrons. The van der Waals surface area contributed by atoms with Crippen molar-refractivity contribution in [3.05, 3.63) is 106 Å². The van der Waals surface area contributed by atoms with Crippen LogP contribution in [-0.4, -0.2) is 65.8 Å². The van der Waals surface area contributed by atoms with Crippen molar-refractivity contribution in [3.8, 4) is 11.5 Å². The predicted octanol–water partition coefficient (Wildman–Crippen LogP) is 10.0. The molecule has 1 saturated heterocycles. The van der Waals surface area contributed by atoms with Gasteiger partial charge in [0.2, 0.25) is 0 Å². The molecular formula is C41H53Cl2N5O2. The highest BCUT2D eigenvalue weighted by atomic mass is 35.5. The number of methoxy groups -OCH3 is 1. The SMILES string of the molecule is C=C(/C=C\C=C/C)CN1CCC(NCc2cc(Cl)c3cccnc3c2OC)CC1.CC.CCCCN1COc2c(cc(Cl)c3cccnc23)C1. The van der Waals surface area contributed by atoms with Crippen LogP contribution in [-0.2, 0) is 13.1 Å². The first kappa shape index (κ1) is 39.3. The number of piperidine rings is 1. The maximum absolute atomic E-state index is 6.48. The van der Waals surface area contributed by atoms with E-state index in [2.05, 4.69) is 44.7 Å². The molecule has 0 bridgehead atoms. The number of fused-ring (bicyclic) bond motifs is 4. The van der Waals surface area contributed by atoms with E-state index in [0.29, 0.717) is 17.8 Å². The number of nitrogens with one attached hydrogen (secondary N) is 1. The third-order valence-electron chi connectivity index (χ3n) is 8.79. The molecule has 2 aliphatic heterocycles. The standard InChI is InChI=1S/C24H30ClN3O.C15H17ClN2O.C2H6/c1-4-5-6-8-18(2)17-28-13-10-20(11-14-28)27-16-19-15-22(25)21-9-7-12-26-23(21)24(19)29-3;1-2-3-7-18-9-11-8-13(16)12-5-4-6-17-14(12)15(11)19-10-18;1-2/h4-9,12,15,20,27H,2,10-11,13-14,16-17H2,1,3H3;4-6,8H,2-3,7,9-10H2,1H3;1-2H3/b5-4-,8-6-;;. The lowest BCUT2D eigenvalue weighted by Gasteiger charge is -2.32. The molecule has 0 atom stereocenters. The monoisotopic (exact) mass is 717 g/mol. The first-order valence-electron chi connectivity index (χ1n) is 17.9. The van der Waals surface area contributed by atoms with E-state index in [-0.39, 0.29) is 0 Å². The molecule has 2 aliphatic rings. The van der Waals surface area contributed by atoms with E-state index in [1.54, 1.807) is 19.5 Å². The molecule has 1 N–H and O–H groups in total. The largest absolute Gasteiger partial charge is 0.494 e. The number of halogens is 2. The number of pyridine rings is 2. The number of aromatic nitrogens is 2. The van der Waals surface area contributed by atoms with Crippen molar-refractivity contribution < 1.29 is 9.47 Å². The Hall–Kier alpha value is -3.46. The van der Waals surface area contributed by atoms with Crippen molar-refractivity contribution >= 4 is 45.0 Å². The number of hydrogen-bond donors (Lipinski definition) is 1. The van der Waals surface area contributed by atoms with Gasteiger partial charge in [0.25, 0.3) is 0 Å². The van der Waals surface area contributed by atoms with Crippen LogP contribution < -0.4 is 14.8 Å². The first-order valence-corrected chi connectivity index (χ1v) is 18.6. The van der Waals surface area contributed by atoms with Gasteiger partial charge in [0, 0.05) is 66.5 Å². The van der Waals surface area contributed by atoms with Crippen molar-refractivity contribution in [1.82, 2.24) is 25.1 Å². The van der Waals surface area contributed by atoms with Gasteiger partial charge in [-0.3, -0.25) is 19.8 Å². The average Bonchev–Trinajstić information content (AvgIpc) is 3.15. The first-order chi connectivity index (χ1) is 24.4. The Kier molecular flexibility index (Phi) is 16.0. The van der Waals surface area contributed by atoms with Gasteiger partial charge in [-0.2, -0.15) is 0 Å². The molecule has 50 heavy (non-hydrogen) atoms. The molecule has 2 aromatic carbocycles. The van der Waals surface area contributed by atoms with Crippen LogP contribution in [0.2, 0.25) is 10.0 Å². The van der Waals surface area contributed by atoms with Gasteiger partial charge in [0.15, 0.2) is 5.75 Å². The maximum atomic E-state index is 6.48. The minimum absolute atomic E-state index is 0.487. The van der Waals surface area contributed by atoms with Gasteiger partial charge in [0.1, 0.15) is 23.5 Å². The Morgan fingerprint density at radius 3 is 2.38 bits per heavy atom. The predicted molar refractivity (Wildman–Crippen MR) is 212 cm³/mol. The third kappa shape index (κ3) is 10.5. The summed E-state index contributed by atoms with van der Waals surface area (Å²) < 4.78 is 11.6. The number of nitrogens with zero attached hydrogens (tertiary/aromatic N) is 4. The normalized spacial score (nSPS) is 15.3. The van der Waals surface area contributed by atoms with Gasteiger partial charge in [-0.15, -0.1) is 0 Å². The third-order valence-corrected chi connectivity index (χ3v) is 9.42. The fraction of sp³-hybridized carbons (Fsp3) is 0.415. The summed E-state index contributed by atoms with van der Waals surface area (Å²) in [5.41, 5.74) is 5.03. The van der Waals surface area contributed by atoms with Crippen LogP contribution in [0.5, 0.6) is 11.5 Å². The summed E-state index contributed by atoms with van der Waals surface area (Å²) in [6, 6.07) is 12.2. The van der Waals surface area contributed by atoms with Gasteiger partial charge in [-0.1, -0.05) is 81.3 Å². The smallest absolute Gasteiger partial charge is 0.152 e. The van der Waals surface area contributed by atoms with Crippen LogP contribution in [0.25, 0.3) is 21.8 Å². The van der Waals surface area contributed by atoms with Crippen LogP contribution in [0.4, 0.5) is 0 Å². The summed E-state index contributed by atoms with van der Waals surface area (Å²) in [5, 5.41) is 7.03. The van der Waals surface area contributed by atoms with Gasteiger partial charge in [-0.05, 0) is 81.2 Å². The number of ether oxygens (including phenoxy) is 2. The fourth-order valence-electron chi connectivity index (χ4n) is 6.25. The van der Waals surface area contributed by atoms with Crippen LogP contribution in [0.15, 0.2) is 85.2 Å². The molecule has 7 nitrogen and oxygen atoms in total. The van der Waals surface area contributed by atoms with Gasteiger partial charge < -0.3 is 14.8 Å². The second-order valence-corrected chi connectivity index (χ2v) is 13.2. The summed E-state index contributed by atoms with van der Waals surface area (Å²) in [6.45, 7) is 18.8. The lowest BCUT2D eigenvalue weighted by Crippen LogP contribution is -2.42. The molecule has 0 aliphatic carbocycles. The number of benzene rings is 2. The minimum Gasteiger partial charge on any atom is -0.494 e. The van der Waals surface area contributed by atoms with Gasteiger partial charge >= 0.3 is 0 Å². The van der Waals surface area contributed by atoms with E-state index in [1.807, 2.05) is 75.4 Å². The van der Waals surface area contributed by atoms with Gasteiger partial charge in [0.05, 0.1) is 17.2 Å². The molecule has 1 fully saturated rings. The van der Waals surface area contributed by atoms with E-state index in [4.69, 9.17) is 32.7 Å². The number of rotatable bonds is 11. The second-order valence-electron chi connectivity index (χ2n) is 12.4. The van der Waals surface area contributed by atoms with E-state index < -0.39 is 0 Å². The highest BCUT2D eigenvalue weighted by molar-refractivity contribution is 6.36. The summed E-state index contributed by atoms with van der Waals surface area (Å²) in [6.07, 6.45) is 16.4. The lowest BCUT2D eigenvalue weighted by atomic mass is 10.0. The van der Waals surface area contributed by atoms with Crippen LogP contribution in [0, 0.1) is 0 Å². The zero-order valence-electron chi connectivity index (χ0n) is 30.4. The Bertz CT molecular complexity index is 1750. The lowest BCUT2D eigenvalue weighted by molar-refractivity contribution is 0.0955. The molecule has 6 rings (SSSR count). The fourth-order valence-corrected chi connectivity index (χ4v) is 6.82. The molecule has 0 saturated carbocycles. The van der Waals surface area contributed by atoms with Crippen molar-refractivity contribution in [1.29, 1.82) is 0 Å². The van der Waals surface area contributed by atoms with E-state index in [1.165, 1.54) is 12.8 Å². The molecule has 268 valence electrons. The number of hydrogen-bond acceptors (Lipinski definition) is 7. The summed E-state index contributed by atoms with van der Waals surface area (Å²) in [7, 11) is 1.69. The van der Waals surface area contributed by atoms with Crippen molar-refractivity contribution in [2.75, 3.05) is 40.0 Å². The molecular weight excluding hydrogens is 665 g/mol. The zero-order chi connectivity index (χ0) is 35.9. The molecule has 0 spiro atoms. The molecule has 4 heterocycles. The Morgan fingerprint density at radius 2 is 1.70 bits per heavy atom. The molecule has 4 aromatic rings. The Morgan fingerprint density at radius 1 is 1.02 bits per heavy atom. The summed E-state index contributed by atoms with van der Waals surface area (Å²) >= 11 is 12.8. The number of allylic oxidation sites excluding steroid dienone is 3. The van der Waals surface area contributed by atoms with E-state index in [0.717, 1.165) is 107 Å². The molecule has 0 unspecified atom stereocenters. The summed E-state index contributed by atoms with van der Waals surface area (Å²) in [5.74, 6) is 1.70. The second kappa shape index (κ2) is 20.4. The van der Waals surface area contributed by atoms with E-state index in [9.17, 15) is 0 Å². The van der Waals surface area contributed by atoms with E-state index >= 15 is 0 Å². The molecule has 0 amide bonds. The minimum atomic E-state index is 0.487. The highest BCUT2D eigenvalue weighted by Gasteiger charge is 2.22. The van der Waals surface area contributed by atoms with Crippen LogP contribution >= 0.6 is 23.2 Å². The quantitative estimate of drug-likeness (QED) is 0.155. The average molecular weight is 719 g/mol. The topological polar surface area (TPSA) is 62.8 Å². The number of unbranched alkanes of at least 4 members (excludes halogenated alkanes) is 1.